The van der Waals surface area contributed by atoms with Crippen LogP contribution in [0.3, 0.4) is 0 Å². The van der Waals surface area contributed by atoms with E-state index in [0.29, 0.717) is 29.7 Å². The molecule has 1 aliphatic rings. The quantitative estimate of drug-likeness (QED) is 0.844. The Bertz CT molecular complexity index is 461. The Morgan fingerprint density at radius 3 is 2.47 bits per heavy atom. The summed E-state index contributed by atoms with van der Waals surface area (Å²) in [4.78, 5) is 11.4. The van der Waals surface area contributed by atoms with Gasteiger partial charge in [-0.3, -0.25) is 4.79 Å². The molecular weight excluding hydrogens is 220 g/mol. The van der Waals surface area contributed by atoms with Crippen molar-refractivity contribution in [1.29, 1.82) is 0 Å². The highest BCUT2D eigenvalue weighted by Crippen LogP contribution is 2.49. The van der Waals surface area contributed by atoms with Gasteiger partial charge in [-0.25, -0.2) is 0 Å². The maximum atomic E-state index is 11.4. The number of aliphatic carboxylic acids is 1. The highest BCUT2D eigenvalue weighted by Gasteiger charge is 2.47. The number of benzene rings is 1. The maximum absolute atomic E-state index is 11.4. The predicted molar refractivity (Wildman–Crippen MR) is 62.6 cm³/mol. The van der Waals surface area contributed by atoms with Gasteiger partial charge in [0.2, 0.25) is 0 Å². The van der Waals surface area contributed by atoms with Gasteiger partial charge < -0.3 is 14.9 Å². The lowest BCUT2D eigenvalue weighted by Crippen LogP contribution is -2.42. The number of carboxylic acids is 1. The monoisotopic (exact) mass is 236 g/mol. The van der Waals surface area contributed by atoms with Crippen molar-refractivity contribution < 1.29 is 19.7 Å². The van der Waals surface area contributed by atoms with Gasteiger partial charge in [0.1, 0.15) is 11.5 Å². The molecule has 2 rings (SSSR count). The maximum Gasteiger partial charge on any atom is 0.314 e. The first-order valence-electron chi connectivity index (χ1n) is 5.63. The summed E-state index contributed by atoms with van der Waals surface area (Å²) in [5, 5.41) is 19.5. The van der Waals surface area contributed by atoms with Crippen molar-refractivity contribution in [1.82, 2.24) is 0 Å². The normalized spacial score (nSPS) is 17.3. The molecule has 0 radical (unpaired) electrons. The number of ether oxygens (including phenoxy) is 1. The van der Waals surface area contributed by atoms with E-state index in [9.17, 15) is 15.0 Å². The number of carbonyl (C=O) groups is 1. The Morgan fingerprint density at radius 2 is 2.06 bits per heavy atom. The van der Waals surface area contributed by atoms with Crippen molar-refractivity contribution in [2.24, 2.45) is 0 Å². The molecule has 4 nitrogen and oxygen atoms in total. The van der Waals surface area contributed by atoms with Crippen LogP contribution in [-0.4, -0.2) is 23.3 Å². The van der Waals surface area contributed by atoms with Crippen molar-refractivity contribution in [3.8, 4) is 11.5 Å². The summed E-state index contributed by atoms with van der Waals surface area (Å²) in [6.45, 7) is 1.73. The molecule has 17 heavy (non-hydrogen) atoms. The van der Waals surface area contributed by atoms with Crippen molar-refractivity contribution in [2.45, 2.75) is 31.6 Å². The number of rotatable bonds is 3. The van der Waals surface area contributed by atoms with Gasteiger partial charge in [0.25, 0.3) is 0 Å². The first-order valence-corrected chi connectivity index (χ1v) is 5.63. The van der Waals surface area contributed by atoms with Crippen LogP contribution in [0.25, 0.3) is 0 Å². The smallest absolute Gasteiger partial charge is 0.314 e. The second-order valence-corrected chi connectivity index (χ2v) is 4.53. The molecule has 0 atom stereocenters. The number of phenols is 1. The Morgan fingerprint density at radius 1 is 1.41 bits per heavy atom. The largest absolute Gasteiger partial charge is 0.507 e. The third-order valence-electron chi connectivity index (χ3n) is 3.73. The summed E-state index contributed by atoms with van der Waals surface area (Å²) in [5.74, 6) is -0.235. The number of phenolic OH excluding ortho intramolecular Hbond substituents is 1. The van der Waals surface area contributed by atoms with Crippen LogP contribution < -0.4 is 4.74 Å². The molecule has 0 heterocycles. The minimum absolute atomic E-state index is 0.0476. The summed E-state index contributed by atoms with van der Waals surface area (Å²) < 4.78 is 5.10. The lowest BCUT2D eigenvalue weighted by molar-refractivity contribution is -0.147. The van der Waals surface area contributed by atoms with Gasteiger partial charge in [-0.2, -0.15) is 0 Å². The topological polar surface area (TPSA) is 66.8 Å². The van der Waals surface area contributed by atoms with Crippen LogP contribution in [0.5, 0.6) is 11.5 Å². The first-order chi connectivity index (χ1) is 8.03. The van der Waals surface area contributed by atoms with Crippen LogP contribution >= 0.6 is 0 Å². The van der Waals surface area contributed by atoms with Crippen LogP contribution in [0.4, 0.5) is 0 Å². The van der Waals surface area contributed by atoms with E-state index in [2.05, 4.69) is 0 Å². The highest BCUT2D eigenvalue weighted by molar-refractivity contribution is 5.84. The first kappa shape index (κ1) is 11.8. The molecule has 0 aromatic heterocycles. The van der Waals surface area contributed by atoms with E-state index in [1.165, 1.54) is 7.11 Å². The summed E-state index contributed by atoms with van der Waals surface area (Å²) in [7, 11) is 1.53. The molecule has 0 saturated heterocycles. The summed E-state index contributed by atoms with van der Waals surface area (Å²) in [6.07, 6.45) is 2.06. The van der Waals surface area contributed by atoms with Gasteiger partial charge in [-0.15, -0.1) is 0 Å². The van der Waals surface area contributed by atoms with Gasteiger partial charge in [0.15, 0.2) is 0 Å². The molecule has 1 aromatic carbocycles. The van der Waals surface area contributed by atoms with Gasteiger partial charge in [0.05, 0.1) is 12.5 Å². The van der Waals surface area contributed by atoms with Crippen molar-refractivity contribution in [3.05, 3.63) is 23.3 Å². The van der Waals surface area contributed by atoms with Crippen LogP contribution in [0.15, 0.2) is 12.1 Å². The molecule has 1 aromatic rings. The highest BCUT2D eigenvalue weighted by atomic mass is 16.5. The van der Waals surface area contributed by atoms with Gasteiger partial charge in [-0.05, 0) is 25.8 Å². The molecule has 0 unspecified atom stereocenters. The average Bonchev–Trinajstić information content (AvgIpc) is 2.22. The fourth-order valence-corrected chi connectivity index (χ4v) is 2.42. The summed E-state index contributed by atoms with van der Waals surface area (Å²) >= 11 is 0. The minimum atomic E-state index is -0.902. The van der Waals surface area contributed by atoms with E-state index < -0.39 is 11.4 Å². The van der Waals surface area contributed by atoms with E-state index in [1.54, 1.807) is 19.1 Å². The molecule has 92 valence electrons. The molecule has 0 amide bonds. The van der Waals surface area contributed by atoms with E-state index in [4.69, 9.17) is 4.74 Å². The fraction of sp³-hybridized carbons (Fsp3) is 0.462. The van der Waals surface area contributed by atoms with Crippen molar-refractivity contribution in [2.75, 3.05) is 7.11 Å². The van der Waals surface area contributed by atoms with Gasteiger partial charge in [0, 0.05) is 11.1 Å². The number of methoxy groups -OCH3 is 1. The second-order valence-electron chi connectivity index (χ2n) is 4.53. The lowest BCUT2D eigenvalue weighted by Gasteiger charge is -2.38. The fourth-order valence-electron chi connectivity index (χ4n) is 2.42. The van der Waals surface area contributed by atoms with Crippen LogP contribution in [0, 0.1) is 6.92 Å². The van der Waals surface area contributed by atoms with Crippen LogP contribution in [0.1, 0.15) is 30.4 Å². The zero-order chi connectivity index (χ0) is 12.6. The third-order valence-corrected chi connectivity index (χ3v) is 3.73. The SMILES string of the molecule is COc1ccc(C2(C(=O)O)CCC2)c(O)c1C. The number of aromatic hydroxyl groups is 1. The zero-order valence-electron chi connectivity index (χ0n) is 9.99. The minimum Gasteiger partial charge on any atom is -0.507 e. The molecule has 1 saturated carbocycles. The van der Waals surface area contributed by atoms with E-state index in [0.717, 1.165) is 6.42 Å². The molecule has 1 fully saturated rings. The van der Waals surface area contributed by atoms with E-state index in [-0.39, 0.29) is 5.75 Å². The Balaban J connectivity index is 2.53. The van der Waals surface area contributed by atoms with Crippen molar-refractivity contribution >= 4 is 5.97 Å². The Kier molecular flexibility index (Phi) is 2.73. The Labute approximate surface area is 99.8 Å². The Hall–Kier alpha value is -1.71. The third kappa shape index (κ3) is 1.55. The van der Waals surface area contributed by atoms with Crippen molar-refractivity contribution in [3.63, 3.8) is 0 Å². The molecule has 2 N–H and O–H groups in total. The molecule has 4 heteroatoms. The second kappa shape index (κ2) is 3.95. The summed E-state index contributed by atoms with van der Waals surface area (Å²) in [5.41, 5.74) is 0.202. The van der Waals surface area contributed by atoms with Gasteiger partial charge >= 0.3 is 5.97 Å². The number of hydrogen-bond acceptors (Lipinski definition) is 3. The van der Waals surface area contributed by atoms with E-state index >= 15 is 0 Å². The molecule has 0 spiro atoms. The molecule has 0 aliphatic heterocycles. The predicted octanol–water partition coefficient (Wildman–Crippen LogP) is 2.22. The molecule has 0 bridgehead atoms. The standard InChI is InChI=1S/C13H16O4/c1-8-10(17-2)5-4-9(11(8)14)13(12(15)16)6-3-7-13/h4-5,14H,3,6-7H2,1-2H3,(H,15,16). The summed E-state index contributed by atoms with van der Waals surface area (Å²) in [6, 6.07) is 3.38. The zero-order valence-corrected chi connectivity index (χ0v) is 9.99. The molecule has 1 aliphatic carbocycles. The number of hydrogen-bond donors (Lipinski definition) is 2. The lowest BCUT2D eigenvalue weighted by atomic mass is 9.64. The number of carboxylic acid groups (broad SMARTS) is 1. The van der Waals surface area contributed by atoms with Gasteiger partial charge in [-0.1, -0.05) is 12.5 Å². The van der Waals surface area contributed by atoms with E-state index in [1.807, 2.05) is 0 Å². The molecular formula is C13H16O4. The van der Waals surface area contributed by atoms with Crippen LogP contribution in [0.2, 0.25) is 0 Å². The average molecular weight is 236 g/mol. The van der Waals surface area contributed by atoms with Crippen LogP contribution in [-0.2, 0) is 10.2 Å².